The van der Waals surface area contributed by atoms with Gasteiger partial charge >= 0.3 is 0 Å². The van der Waals surface area contributed by atoms with Crippen LogP contribution in [-0.4, -0.2) is 22.1 Å². The Hall–Kier alpha value is -1.38. The molecule has 106 valence electrons. The molecule has 1 aliphatic carbocycles. The van der Waals surface area contributed by atoms with E-state index in [1.165, 1.54) is 38.5 Å². The van der Waals surface area contributed by atoms with E-state index in [-0.39, 0.29) is 0 Å². The van der Waals surface area contributed by atoms with E-state index in [0.29, 0.717) is 12.1 Å². The van der Waals surface area contributed by atoms with Gasteiger partial charge in [0.2, 0.25) is 0 Å². The van der Waals surface area contributed by atoms with Crippen LogP contribution in [-0.2, 0) is 6.42 Å². The van der Waals surface area contributed by atoms with Gasteiger partial charge in [-0.05, 0) is 50.9 Å². The highest BCUT2D eigenvalue weighted by Crippen LogP contribution is 2.42. The maximum absolute atomic E-state index is 4.55. The molecule has 2 aliphatic heterocycles. The number of rotatable bonds is 3. The molecule has 2 saturated heterocycles. The minimum absolute atomic E-state index is 0.679. The fourth-order valence-corrected chi connectivity index (χ4v) is 3.88. The summed E-state index contributed by atoms with van der Waals surface area (Å²) >= 11 is 0. The third-order valence-corrected chi connectivity index (χ3v) is 5.04. The molecule has 0 N–H and O–H groups in total. The van der Waals surface area contributed by atoms with Gasteiger partial charge in [-0.2, -0.15) is 0 Å². The van der Waals surface area contributed by atoms with E-state index in [0.717, 1.165) is 23.9 Å². The number of piperidine rings is 1. The quantitative estimate of drug-likeness (QED) is 0.786. The van der Waals surface area contributed by atoms with Crippen LogP contribution in [0.4, 0.5) is 5.82 Å². The lowest BCUT2D eigenvalue weighted by Crippen LogP contribution is -2.41. The number of hydrogen-bond acceptors (Lipinski definition) is 3. The minimum Gasteiger partial charge on any atom is -0.350 e. The summed E-state index contributed by atoms with van der Waals surface area (Å²) in [6.45, 7) is 2.16. The normalized spacial score (nSPS) is 28.9. The van der Waals surface area contributed by atoms with Gasteiger partial charge in [0, 0.05) is 23.8 Å². The molecule has 1 aromatic heterocycles. The van der Waals surface area contributed by atoms with Gasteiger partial charge in [0.1, 0.15) is 12.1 Å². The van der Waals surface area contributed by atoms with E-state index in [1.807, 2.05) is 0 Å². The Morgan fingerprint density at radius 1 is 1.15 bits per heavy atom. The summed E-state index contributed by atoms with van der Waals surface area (Å²) in [5.41, 5.74) is 2.88. The number of hydrogen-bond donors (Lipinski definition) is 0. The molecule has 3 heterocycles. The van der Waals surface area contributed by atoms with E-state index in [2.05, 4.69) is 33.9 Å². The molecule has 3 nitrogen and oxygen atoms in total. The Balaban J connectivity index is 1.58. The fourth-order valence-electron chi connectivity index (χ4n) is 3.88. The van der Waals surface area contributed by atoms with Crippen molar-refractivity contribution in [2.75, 3.05) is 4.90 Å². The van der Waals surface area contributed by atoms with Crippen molar-refractivity contribution in [3.8, 4) is 0 Å². The van der Waals surface area contributed by atoms with Crippen molar-refractivity contribution in [1.29, 1.82) is 0 Å². The molecule has 1 aromatic rings. The summed E-state index contributed by atoms with van der Waals surface area (Å²) in [6, 6.07) is 3.55. The molecule has 2 atom stereocenters. The lowest BCUT2D eigenvalue weighted by atomic mass is 9.95. The van der Waals surface area contributed by atoms with E-state index in [9.17, 15) is 0 Å². The molecule has 3 aliphatic rings. The Morgan fingerprint density at radius 2 is 1.90 bits per heavy atom. The Labute approximate surface area is 121 Å². The topological polar surface area (TPSA) is 29.0 Å². The molecule has 4 rings (SSSR count). The molecule has 3 heteroatoms. The second-order valence-electron chi connectivity index (χ2n) is 6.58. The maximum Gasteiger partial charge on any atom is 0.132 e. The lowest BCUT2D eigenvalue weighted by Gasteiger charge is -2.37. The molecule has 2 bridgehead atoms. The molecule has 2 unspecified atom stereocenters. The van der Waals surface area contributed by atoms with Gasteiger partial charge in [-0.1, -0.05) is 18.6 Å². The Kier molecular flexibility index (Phi) is 3.01. The van der Waals surface area contributed by atoms with Crippen LogP contribution < -0.4 is 4.90 Å². The van der Waals surface area contributed by atoms with E-state index in [4.69, 9.17) is 0 Å². The number of aromatic nitrogens is 2. The monoisotopic (exact) mass is 269 g/mol. The third kappa shape index (κ3) is 2.23. The minimum atomic E-state index is 0.679. The zero-order valence-electron chi connectivity index (χ0n) is 12.3. The maximum atomic E-state index is 4.55. The zero-order valence-corrected chi connectivity index (χ0v) is 12.3. The van der Waals surface area contributed by atoms with Crippen molar-refractivity contribution in [2.24, 2.45) is 5.92 Å². The van der Waals surface area contributed by atoms with Crippen LogP contribution in [0.25, 0.3) is 0 Å². The first-order valence-electron chi connectivity index (χ1n) is 8.12. The van der Waals surface area contributed by atoms with Gasteiger partial charge in [-0.15, -0.1) is 0 Å². The molecular formula is C17H23N3. The molecule has 3 fully saturated rings. The number of allylic oxidation sites excluding steroid dienone is 1. The number of aryl methyl sites for hydroxylation is 1. The predicted molar refractivity (Wildman–Crippen MR) is 80.7 cm³/mol. The first-order valence-corrected chi connectivity index (χ1v) is 8.12. The number of anilines is 1. The second kappa shape index (κ2) is 4.87. The third-order valence-electron chi connectivity index (χ3n) is 5.04. The van der Waals surface area contributed by atoms with Crippen LogP contribution in [0.15, 0.2) is 24.0 Å². The Bertz CT molecular complexity index is 517. The highest BCUT2D eigenvalue weighted by molar-refractivity contribution is 5.46. The summed E-state index contributed by atoms with van der Waals surface area (Å²) in [5, 5.41) is 0. The van der Waals surface area contributed by atoms with Gasteiger partial charge in [-0.25, -0.2) is 9.97 Å². The van der Waals surface area contributed by atoms with Crippen LogP contribution in [0.5, 0.6) is 0 Å². The van der Waals surface area contributed by atoms with Crippen LogP contribution in [0.2, 0.25) is 0 Å². The van der Waals surface area contributed by atoms with Gasteiger partial charge in [-0.3, -0.25) is 0 Å². The smallest absolute Gasteiger partial charge is 0.132 e. The van der Waals surface area contributed by atoms with Gasteiger partial charge in [0.25, 0.3) is 0 Å². The molecule has 1 saturated carbocycles. The standard InChI is InChI=1S/C17H23N3/c1-2-14-10-17(19-11-18-14)20-15-5-6-16(20)9-13(8-15)7-12-3-4-12/h7,10-12,15-16H,2-6,8-9H2,1H3. The van der Waals surface area contributed by atoms with Crippen molar-refractivity contribution in [3.63, 3.8) is 0 Å². The summed E-state index contributed by atoms with van der Waals surface area (Å²) < 4.78 is 0. The lowest BCUT2D eigenvalue weighted by molar-refractivity contribution is 0.541. The van der Waals surface area contributed by atoms with Crippen LogP contribution >= 0.6 is 0 Å². The van der Waals surface area contributed by atoms with Gasteiger partial charge in [0.15, 0.2) is 0 Å². The van der Waals surface area contributed by atoms with Crippen molar-refractivity contribution in [2.45, 2.75) is 64.0 Å². The van der Waals surface area contributed by atoms with Crippen molar-refractivity contribution < 1.29 is 0 Å². The first kappa shape index (κ1) is 12.4. The number of fused-ring (bicyclic) bond motifs is 2. The van der Waals surface area contributed by atoms with E-state index < -0.39 is 0 Å². The SMILES string of the molecule is CCc1cc(N2C3CCC2CC(=CC2CC2)C3)ncn1. The molecule has 0 spiro atoms. The van der Waals surface area contributed by atoms with Crippen LogP contribution in [0.1, 0.15) is 51.1 Å². The van der Waals surface area contributed by atoms with Crippen molar-refractivity contribution in [1.82, 2.24) is 9.97 Å². The van der Waals surface area contributed by atoms with Crippen molar-refractivity contribution >= 4 is 5.82 Å². The predicted octanol–water partition coefficient (Wildman–Crippen LogP) is 3.51. The average Bonchev–Trinajstić information content (AvgIpc) is 3.24. The Morgan fingerprint density at radius 3 is 2.55 bits per heavy atom. The fraction of sp³-hybridized carbons (Fsp3) is 0.647. The first-order chi connectivity index (χ1) is 9.83. The van der Waals surface area contributed by atoms with Crippen molar-refractivity contribution in [3.05, 3.63) is 29.7 Å². The largest absolute Gasteiger partial charge is 0.350 e. The average molecular weight is 269 g/mol. The zero-order chi connectivity index (χ0) is 13.5. The second-order valence-corrected chi connectivity index (χ2v) is 6.58. The highest BCUT2D eigenvalue weighted by Gasteiger charge is 2.39. The molecular weight excluding hydrogens is 246 g/mol. The van der Waals surface area contributed by atoms with Crippen LogP contribution in [0, 0.1) is 5.92 Å². The van der Waals surface area contributed by atoms with Gasteiger partial charge in [0.05, 0.1) is 0 Å². The molecule has 0 radical (unpaired) electrons. The summed E-state index contributed by atoms with van der Waals surface area (Å²) in [6.07, 6.45) is 13.4. The molecule has 20 heavy (non-hydrogen) atoms. The summed E-state index contributed by atoms with van der Waals surface area (Å²) in [5.74, 6) is 2.08. The van der Waals surface area contributed by atoms with Gasteiger partial charge < -0.3 is 4.90 Å². The summed E-state index contributed by atoms with van der Waals surface area (Å²) in [7, 11) is 0. The van der Waals surface area contributed by atoms with Crippen LogP contribution in [0.3, 0.4) is 0 Å². The number of nitrogens with zero attached hydrogens (tertiary/aromatic N) is 3. The highest BCUT2D eigenvalue weighted by atomic mass is 15.3. The molecule has 0 aromatic carbocycles. The van der Waals surface area contributed by atoms with E-state index in [1.54, 1.807) is 11.9 Å². The molecule has 0 amide bonds. The van der Waals surface area contributed by atoms with E-state index >= 15 is 0 Å². The summed E-state index contributed by atoms with van der Waals surface area (Å²) in [4.78, 5) is 11.5.